The average molecular weight is 431 g/mol. The normalized spacial score (nSPS) is 26.2. The second-order valence-electron chi connectivity index (χ2n) is 7.87. The molecule has 2 fully saturated rings. The van der Waals surface area contributed by atoms with Crippen LogP contribution in [0.5, 0.6) is 0 Å². The molecule has 0 bridgehead atoms. The Labute approximate surface area is 179 Å². The highest BCUT2D eigenvalue weighted by molar-refractivity contribution is 7.97. The van der Waals surface area contributed by atoms with E-state index in [9.17, 15) is 18.7 Å². The molecule has 0 radical (unpaired) electrons. The number of rotatable bonds is 5. The Kier molecular flexibility index (Phi) is 6.20. The Hall–Kier alpha value is -2.25. The first kappa shape index (κ1) is 21.0. The van der Waals surface area contributed by atoms with Gasteiger partial charge in [0.2, 0.25) is 5.91 Å². The van der Waals surface area contributed by atoms with Gasteiger partial charge in [-0.25, -0.2) is 13.2 Å². The SMILES string of the molecule is CSN=CC1CN(C(=O)[C@@H]2C[C@H]2c2ccccc2-c2c(F)cccc2F)CCC1O. The summed E-state index contributed by atoms with van der Waals surface area (Å²) < 4.78 is 32.9. The topological polar surface area (TPSA) is 52.9 Å². The lowest BCUT2D eigenvalue weighted by atomic mass is 9.94. The lowest BCUT2D eigenvalue weighted by Gasteiger charge is -2.34. The molecule has 0 spiro atoms. The molecule has 7 heteroatoms. The Morgan fingerprint density at radius 2 is 1.93 bits per heavy atom. The number of hydrogen-bond donors (Lipinski definition) is 1. The van der Waals surface area contributed by atoms with Crippen LogP contribution in [0.15, 0.2) is 46.9 Å². The minimum atomic E-state index is -0.605. The second kappa shape index (κ2) is 8.86. The van der Waals surface area contributed by atoms with Crippen LogP contribution in [-0.2, 0) is 4.79 Å². The fourth-order valence-corrected chi connectivity index (χ4v) is 4.58. The predicted molar refractivity (Wildman–Crippen MR) is 115 cm³/mol. The van der Waals surface area contributed by atoms with E-state index in [1.807, 2.05) is 18.4 Å². The predicted octanol–water partition coefficient (Wildman–Crippen LogP) is 4.29. The molecule has 4 rings (SSSR count). The van der Waals surface area contributed by atoms with Gasteiger partial charge in [-0.2, -0.15) is 0 Å². The molecular weight excluding hydrogens is 406 g/mol. The lowest BCUT2D eigenvalue weighted by molar-refractivity contribution is -0.135. The lowest BCUT2D eigenvalue weighted by Crippen LogP contribution is -2.47. The molecule has 1 saturated heterocycles. The standard InChI is InChI=1S/C23H24F2N2O2S/c1-30-26-12-14-13-27(10-9-21(14)28)23(29)18-11-17(18)15-5-2-3-6-16(15)22-19(24)7-4-8-20(22)25/h2-8,12,14,17-18,21,28H,9-11,13H2,1H3/t14?,17-,18+,21?/m0/s1. The van der Waals surface area contributed by atoms with Gasteiger partial charge < -0.3 is 10.0 Å². The summed E-state index contributed by atoms with van der Waals surface area (Å²) in [6.45, 7) is 0.952. The van der Waals surface area contributed by atoms with Crippen molar-refractivity contribution in [1.29, 1.82) is 0 Å². The van der Waals surface area contributed by atoms with Crippen molar-refractivity contribution in [2.24, 2.45) is 16.2 Å². The van der Waals surface area contributed by atoms with Crippen LogP contribution in [0, 0.1) is 23.5 Å². The molecule has 158 valence electrons. The number of benzene rings is 2. The molecule has 1 heterocycles. The number of carbonyl (C=O) groups is 1. The van der Waals surface area contributed by atoms with E-state index in [1.165, 1.54) is 30.1 Å². The van der Waals surface area contributed by atoms with Gasteiger partial charge in [-0.3, -0.25) is 4.79 Å². The van der Waals surface area contributed by atoms with Crippen LogP contribution >= 0.6 is 11.9 Å². The van der Waals surface area contributed by atoms with Crippen molar-refractivity contribution in [2.75, 3.05) is 19.3 Å². The van der Waals surface area contributed by atoms with Crippen LogP contribution in [0.2, 0.25) is 0 Å². The highest BCUT2D eigenvalue weighted by atomic mass is 32.2. The van der Waals surface area contributed by atoms with Crippen molar-refractivity contribution in [2.45, 2.75) is 24.9 Å². The summed E-state index contributed by atoms with van der Waals surface area (Å²) in [5.74, 6) is -1.60. The maximum atomic E-state index is 14.4. The highest BCUT2D eigenvalue weighted by Crippen LogP contribution is 2.51. The average Bonchev–Trinajstić information content (AvgIpc) is 3.54. The molecule has 1 amide bonds. The smallest absolute Gasteiger partial charge is 0.226 e. The van der Waals surface area contributed by atoms with Crippen LogP contribution < -0.4 is 0 Å². The molecule has 2 aliphatic rings. The summed E-state index contributed by atoms with van der Waals surface area (Å²) in [5, 5.41) is 10.2. The number of aliphatic hydroxyl groups is 1. The van der Waals surface area contributed by atoms with Crippen molar-refractivity contribution >= 4 is 24.1 Å². The van der Waals surface area contributed by atoms with Gasteiger partial charge in [-0.05, 0) is 54.0 Å². The summed E-state index contributed by atoms with van der Waals surface area (Å²) in [6, 6.07) is 11.0. The molecule has 1 N–H and O–H groups in total. The molecule has 4 nitrogen and oxygen atoms in total. The Morgan fingerprint density at radius 3 is 2.67 bits per heavy atom. The first-order valence-electron chi connectivity index (χ1n) is 10.1. The summed E-state index contributed by atoms with van der Waals surface area (Å²) in [4.78, 5) is 14.9. The minimum Gasteiger partial charge on any atom is -0.392 e. The van der Waals surface area contributed by atoms with Crippen LogP contribution in [0.4, 0.5) is 8.78 Å². The Bertz CT molecular complexity index is 948. The van der Waals surface area contributed by atoms with Gasteiger partial charge in [0.15, 0.2) is 0 Å². The molecule has 1 aliphatic carbocycles. The van der Waals surface area contributed by atoms with E-state index in [2.05, 4.69) is 4.40 Å². The molecule has 2 aromatic rings. The maximum Gasteiger partial charge on any atom is 0.226 e. The van der Waals surface area contributed by atoms with Gasteiger partial charge in [-0.1, -0.05) is 30.3 Å². The van der Waals surface area contributed by atoms with Gasteiger partial charge in [0.1, 0.15) is 11.6 Å². The van der Waals surface area contributed by atoms with E-state index >= 15 is 0 Å². The number of amides is 1. The molecule has 1 aliphatic heterocycles. The molecule has 2 unspecified atom stereocenters. The van der Waals surface area contributed by atoms with E-state index in [-0.39, 0.29) is 29.2 Å². The number of piperidine rings is 1. The molecule has 30 heavy (non-hydrogen) atoms. The molecular formula is C23H24F2N2O2S. The third-order valence-electron chi connectivity index (χ3n) is 5.99. The summed E-state index contributed by atoms with van der Waals surface area (Å²) in [7, 11) is 0. The summed E-state index contributed by atoms with van der Waals surface area (Å²) in [6.07, 6.45) is 4.25. The van der Waals surface area contributed by atoms with E-state index in [0.717, 1.165) is 5.56 Å². The third kappa shape index (κ3) is 4.14. The first-order chi connectivity index (χ1) is 14.5. The monoisotopic (exact) mass is 430 g/mol. The number of halogens is 2. The molecule has 2 aromatic carbocycles. The second-order valence-corrected chi connectivity index (χ2v) is 8.45. The van der Waals surface area contributed by atoms with Gasteiger partial charge in [0.05, 0.1) is 11.7 Å². The van der Waals surface area contributed by atoms with E-state index in [0.29, 0.717) is 31.5 Å². The van der Waals surface area contributed by atoms with Gasteiger partial charge in [0, 0.05) is 37.4 Å². The molecule has 0 aromatic heterocycles. The fourth-order valence-electron chi connectivity index (χ4n) is 4.30. The molecule has 4 atom stereocenters. The third-order valence-corrected chi connectivity index (χ3v) is 6.32. The number of hydrogen-bond acceptors (Lipinski definition) is 4. The first-order valence-corrected chi connectivity index (χ1v) is 11.3. The number of carbonyl (C=O) groups excluding carboxylic acids is 1. The fraction of sp³-hybridized carbons (Fsp3) is 0.391. The van der Waals surface area contributed by atoms with Crippen LogP contribution in [0.1, 0.15) is 24.3 Å². The number of nitrogens with zero attached hydrogens (tertiary/aromatic N) is 2. The Balaban J connectivity index is 1.53. The minimum absolute atomic E-state index is 0.0401. The van der Waals surface area contributed by atoms with Crippen molar-refractivity contribution in [3.8, 4) is 11.1 Å². The zero-order valence-corrected chi connectivity index (χ0v) is 17.5. The highest BCUT2D eigenvalue weighted by Gasteiger charge is 2.47. The Morgan fingerprint density at radius 1 is 1.20 bits per heavy atom. The van der Waals surface area contributed by atoms with E-state index in [1.54, 1.807) is 23.2 Å². The number of aliphatic hydroxyl groups excluding tert-OH is 1. The molecule has 1 saturated carbocycles. The quantitative estimate of drug-likeness (QED) is 0.569. The van der Waals surface area contributed by atoms with E-state index < -0.39 is 17.7 Å². The zero-order valence-electron chi connectivity index (χ0n) is 16.7. The summed E-state index contributed by atoms with van der Waals surface area (Å²) >= 11 is 1.32. The van der Waals surface area contributed by atoms with Gasteiger partial charge in [-0.15, -0.1) is 0 Å². The summed E-state index contributed by atoms with van der Waals surface area (Å²) in [5.41, 5.74) is 1.27. The number of likely N-dealkylation sites (tertiary alicyclic amines) is 1. The van der Waals surface area contributed by atoms with Gasteiger partial charge in [0.25, 0.3) is 0 Å². The van der Waals surface area contributed by atoms with Crippen LogP contribution in [0.25, 0.3) is 11.1 Å². The van der Waals surface area contributed by atoms with Crippen molar-refractivity contribution in [3.63, 3.8) is 0 Å². The maximum absolute atomic E-state index is 14.4. The van der Waals surface area contributed by atoms with Crippen LogP contribution in [0.3, 0.4) is 0 Å². The van der Waals surface area contributed by atoms with Gasteiger partial charge >= 0.3 is 0 Å². The van der Waals surface area contributed by atoms with Crippen molar-refractivity contribution < 1.29 is 18.7 Å². The largest absolute Gasteiger partial charge is 0.392 e. The zero-order chi connectivity index (χ0) is 21.3. The van der Waals surface area contributed by atoms with Crippen molar-refractivity contribution in [3.05, 3.63) is 59.7 Å². The van der Waals surface area contributed by atoms with E-state index in [4.69, 9.17) is 0 Å². The van der Waals surface area contributed by atoms with Crippen LogP contribution in [-0.4, -0.2) is 47.6 Å². The van der Waals surface area contributed by atoms with Crippen molar-refractivity contribution in [1.82, 2.24) is 4.90 Å².